The van der Waals surface area contributed by atoms with Crippen molar-refractivity contribution in [1.82, 2.24) is 5.32 Å². The quantitative estimate of drug-likeness (QED) is 0.0321. The standard InChI is InChI=1S/C61H109NO5/c1-4-7-10-13-16-19-22-25-28-30-33-36-39-42-45-48-51-54-61(66)67-57(52-49-46-43-40-37-34-31-27-24-21-18-15-12-9-6-3)55-60(65)62-58(56-63)59(64)53-50-47-44-41-38-35-32-29-26-23-20-17-14-11-8-5-2/h9,12,18,21,25,27-28,31,37,40,46,49,57-59,63-64H,4-8,10-11,13-17,19-20,22-24,26,29-30,32-36,38-39,41-45,47-48,50-56H2,1-3H3,(H,62,65)/b12-9-,21-18-,28-25+,31-27-,40-37-,49-46-. The van der Waals surface area contributed by atoms with Gasteiger partial charge in [0.2, 0.25) is 5.91 Å². The summed E-state index contributed by atoms with van der Waals surface area (Å²) in [5, 5.41) is 23.8. The Balaban J connectivity index is 4.65. The van der Waals surface area contributed by atoms with Crippen molar-refractivity contribution in [3.8, 4) is 0 Å². The fraction of sp³-hybridized carbons (Fsp3) is 0.770. The molecule has 0 saturated heterocycles. The molecule has 0 fully saturated rings. The van der Waals surface area contributed by atoms with Gasteiger partial charge in [-0.1, -0.05) is 261 Å². The molecule has 0 aromatic rings. The van der Waals surface area contributed by atoms with Crippen LogP contribution in [0.2, 0.25) is 0 Å². The van der Waals surface area contributed by atoms with Crippen molar-refractivity contribution in [3.63, 3.8) is 0 Å². The molecule has 0 radical (unpaired) electrons. The molecule has 6 nitrogen and oxygen atoms in total. The van der Waals surface area contributed by atoms with Gasteiger partial charge in [0.25, 0.3) is 0 Å². The molecule has 1 amide bonds. The van der Waals surface area contributed by atoms with E-state index in [9.17, 15) is 19.8 Å². The number of unbranched alkanes of at least 4 members (excludes halogenated alkanes) is 28. The third-order valence-electron chi connectivity index (χ3n) is 12.8. The molecular weight excluding hydrogens is 827 g/mol. The maximum Gasteiger partial charge on any atom is 0.306 e. The number of aliphatic hydroxyl groups is 2. The van der Waals surface area contributed by atoms with Crippen LogP contribution in [0.4, 0.5) is 0 Å². The molecule has 388 valence electrons. The molecule has 0 aliphatic carbocycles. The second-order valence-electron chi connectivity index (χ2n) is 19.3. The summed E-state index contributed by atoms with van der Waals surface area (Å²) in [4.78, 5) is 26.2. The van der Waals surface area contributed by atoms with Crippen molar-refractivity contribution < 1.29 is 24.5 Å². The van der Waals surface area contributed by atoms with Gasteiger partial charge in [0.15, 0.2) is 0 Å². The predicted molar refractivity (Wildman–Crippen MR) is 291 cm³/mol. The Labute approximate surface area is 415 Å². The van der Waals surface area contributed by atoms with Gasteiger partial charge in [-0.25, -0.2) is 0 Å². The molecule has 0 aliphatic rings. The molecule has 67 heavy (non-hydrogen) atoms. The summed E-state index contributed by atoms with van der Waals surface area (Å²) in [6.07, 6.45) is 69.8. The Bertz CT molecular complexity index is 1230. The van der Waals surface area contributed by atoms with E-state index in [-0.39, 0.29) is 24.9 Å². The van der Waals surface area contributed by atoms with Crippen molar-refractivity contribution in [3.05, 3.63) is 72.9 Å². The highest BCUT2D eigenvalue weighted by Gasteiger charge is 2.23. The Kier molecular flexibility index (Phi) is 52.1. The van der Waals surface area contributed by atoms with Gasteiger partial charge >= 0.3 is 5.97 Å². The zero-order valence-corrected chi connectivity index (χ0v) is 44.3. The van der Waals surface area contributed by atoms with E-state index >= 15 is 0 Å². The van der Waals surface area contributed by atoms with Gasteiger partial charge in [0, 0.05) is 12.8 Å². The summed E-state index contributed by atoms with van der Waals surface area (Å²) in [6.45, 7) is 6.36. The maximum absolute atomic E-state index is 13.2. The molecule has 0 bridgehead atoms. The zero-order chi connectivity index (χ0) is 48.8. The van der Waals surface area contributed by atoms with Gasteiger partial charge < -0.3 is 20.3 Å². The van der Waals surface area contributed by atoms with E-state index in [0.29, 0.717) is 19.3 Å². The number of allylic oxidation sites excluding steroid dienone is 11. The Morgan fingerprint density at radius 2 is 0.836 bits per heavy atom. The number of nitrogens with one attached hydrogen (secondary N) is 1. The van der Waals surface area contributed by atoms with Crippen LogP contribution in [0.15, 0.2) is 72.9 Å². The minimum Gasteiger partial charge on any atom is -0.461 e. The number of hydrogen-bond donors (Lipinski definition) is 3. The number of ether oxygens (including phenoxy) is 1. The SMILES string of the molecule is CC/C=C\C/C=C\C/C=C\C/C=C\C/C=C\CC(CC(=O)NC(CO)C(O)CCCCCCCCCCCCCCCCCC)OC(=O)CCCCCCCCC/C=C/CCCCCCCC. The van der Waals surface area contributed by atoms with Gasteiger partial charge in [-0.15, -0.1) is 0 Å². The lowest BCUT2D eigenvalue weighted by molar-refractivity contribution is -0.150. The zero-order valence-electron chi connectivity index (χ0n) is 44.3. The topological polar surface area (TPSA) is 95.9 Å². The minimum absolute atomic E-state index is 0.00342. The highest BCUT2D eigenvalue weighted by molar-refractivity contribution is 5.77. The van der Waals surface area contributed by atoms with Crippen molar-refractivity contribution >= 4 is 11.9 Å². The van der Waals surface area contributed by atoms with E-state index in [1.54, 1.807) is 0 Å². The second kappa shape index (κ2) is 54.2. The summed E-state index contributed by atoms with van der Waals surface area (Å²) in [5.74, 6) is -0.580. The van der Waals surface area contributed by atoms with Crippen LogP contribution in [-0.4, -0.2) is 46.9 Å². The van der Waals surface area contributed by atoms with Gasteiger partial charge in [0.1, 0.15) is 6.10 Å². The molecule has 3 atom stereocenters. The van der Waals surface area contributed by atoms with Gasteiger partial charge in [-0.3, -0.25) is 9.59 Å². The van der Waals surface area contributed by atoms with Crippen LogP contribution < -0.4 is 5.32 Å². The van der Waals surface area contributed by atoms with Crippen LogP contribution in [0.3, 0.4) is 0 Å². The van der Waals surface area contributed by atoms with Crippen LogP contribution >= 0.6 is 0 Å². The molecule has 6 heteroatoms. The summed E-state index contributed by atoms with van der Waals surface area (Å²) in [5.41, 5.74) is 0. The van der Waals surface area contributed by atoms with Crippen molar-refractivity contribution in [2.24, 2.45) is 0 Å². The number of esters is 1. The Morgan fingerprint density at radius 3 is 1.25 bits per heavy atom. The van der Waals surface area contributed by atoms with Crippen molar-refractivity contribution in [2.45, 2.75) is 296 Å². The normalized spacial score (nSPS) is 13.7. The average molecular weight is 937 g/mol. The first-order valence-electron chi connectivity index (χ1n) is 28.7. The second-order valence-corrected chi connectivity index (χ2v) is 19.3. The lowest BCUT2D eigenvalue weighted by Crippen LogP contribution is -2.46. The first-order valence-corrected chi connectivity index (χ1v) is 28.7. The molecule has 0 spiro atoms. The number of aliphatic hydroxyl groups excluding tert-OH is 2. The lowest BCUT2D eigenvalue weighted by atomic mass is 10.0. The molecule has 3 N–H and O–H groups in total. The van der Waals surface area contributed by atoms with Crippen molar-refractivity contribution in [1.29, 1.82) is 0 Å². The van der Waals surface area contributed by atoms with E-state index in [4.69, 9.17) is 4.74 Å². The number of rotatable bonds is 51. The molecule has 0 aliphatic heterocycles. The van der Waals surface area contributed by atoms with E-state index in [2.05, 4.69) is 92.9 Å². The summed E-state index contributed by atoms with van der Waals surface area (Å²) in [7, 11) is 0. The van der Waals surface area contributed by atoms with Crippen LogP contribution in [0.25, 0.3) is 0 Å². The smallest absolute Gasteiger partial charge is 0.306 e. The summed E-state index contributed by atoms with van der Waals surface area (Å²) >= 11 is 0. The Hall–Kier alpha value is -2.70. The highest BCUT2D eigenvalue weighted by Crippen LogP contribution is 2.17. The number of carbonyl (C=O) groups excluding carboxylic acids is 2. The summed E-state index contributed by atoms with van der Waals surface area (Å²) < 4.78 is 5.89. The average Bonchev–Trinajstić information content (AvgIpc) is 3.32. The molecule has 0 heterocycles. The number of amides is 1. The monoisotopic (exact) mass is 936 g/mol. The highest BCUT2D eigenvalue weighted by atomic mass is 16.5. The predicted octanol–water partition coefficient (Wildman–Crippen LogP) is 17.7. The minimum atomic E-state index is -0.816. The van der Waals surface area contributed by atoms with Gasteiger partial charge in [0.05, 0.1) is 25.2 Å². The third-order valence-corrected chi connectivity index (χ3v) is 12.8. The fourth-order valence-electron chi connectivity index (χ4n) is 8.45. The van der Waals surface area contributed by atoms with Gasteiger partial charge in [-0.2, -0.15) is 0 Å². The lowest BCUT2D eigenvalue weighted by Gasteiger charge is -2.24. The Morgan fingerprint density at radius 1 is 0.463 bits per heavy atom. The van der Waals surface area contributed by atoms with Crippen molar-refractivity contribution in [2.75, 3.05) is 6.61 Å². The molecule has 0 aromatic heterocycles. The first-order chi connectivity index (χ1) is 33.0. The van der Waals surface area contributed by atoms with Crippen LogP contribution in [0, 0.1) is 0 Å². The summed E-state index contributed by atoms with van der Waals surface area (Å²) in [6, 6.07) is -0.736. The fourth-order valence-corrected chi connectivity index (χ4v) is 8.45. The largest absolute Gasteiger partial charge is 0.461 e. The van der Waals surface area contributed by atoms with E-state index < -0.39 is 18.2 Å². The van der Waals surface area contributed by atoms with Crippen LogP contribution in [-0.2, 0) is 14.3 Å². The molecule has 0 rings (SSSR count). The van der Waals surface area contributed by atoms with Crippen LogP contribution in [0.1, 0.15) is 278 Å². The molecule has 0 saturated carbocycles. The maximum atomic E-state index is 13.2. The van der Waals surface area contributed by atoms with E-state index in [1.807, 2.05) is 6.08 Å². The third kappa shape index (κ3) is 49.5. The van der Waals surface area contributed by atoms with E-state index in [1.165, 1.54) is 161 Å². The van der Waals surface area contributed by atoms with E-state index in [0.717, 1.165) is 70.6 Å². The van der Waals surface area contributed by atoms with Gasteiger partial charge in [-0.05, 0) is 70.6 Å². The van der Waals surface area contributed by atoms with Crippen LogP contribution in [0.5, 0.6) is 0 Å². The number of carbonyl (C=O) groups is 2. The number of hydrogen-bond acceptors (Lipinski definition) is 5. The molecule has 0 aromatic carbocycles. The first kappa shape index (κ1) is 64.3. The molecule has 3 unspecified atom stereocenters. The molecular formula is C61H109NO5.